The van der Waals surface area contributed by atoms with Crippen LogP contribution in [0.4, 0.5) is 15.8 Å². The maximum absolute atomic E-state index is 14.0. The van der Waals surface area contributed by atoms with E-state index in [1.54, 1.807) is 36.4 Å². The van der Waals surface area contributed by atoms with Gasteiger partial charge in [-0.2, -0.15) is 0 Å². The molecule has 2 aromatic rings. The van der Waals surface area contributed by atoms with E-state index in [-0.39, 0.29) is 36.4 Å². The second-order valence-corrected chi connectivity index (χ2v) is 7.43. The standard InChI is InChI=1S/C22H22FN3O3/c23-18-8-1-2-9-19(18)26-14-16(13-20(26)27)21(28)24-17-7-5-6-15(12-17)22(29)25-10-3-4-11-25/h1-2,5-9,12,16H,3-4,10-11,13-14H2,(H,24,28)/t16-/m1/s1. The van der Waals surface area contributed by atoms with Crippen LogP contribution < -0.4 is 10.2 Å². The lowest BCUT2D eigenvalue weighted by Crippen LogP contribution is -2.29. The molecule has 1 atom stereocenters. The molecule has 6 nitrogen and oxygen atoms in total. The van der Waals surface area contributed by atoms with E-state index in [4.69, 9.17) is 0 Å². The SMILES string of the molecule is O=C(Nc1cccc(C(=O)N2CCCC2)c1)[C@@H]1CC(=O)N(c2ccccc2F)C1. The molecular formula is C22H22FN3O3. The fourth-order valence-electron chi connectivity index (χ4n) is 3.86. The van der Waals surface area contributed by atoms with Gasteiger partial charge in [-0.05, 0) is 43.2 Å². The highest BCUT2D eigenvalue weighted by Crippen LogP contribution is 2.28. The van der Waals surface area contributed by atoms with Crippen molar-refractivity contribution < 1.29 is 18.8 Å². The van der Waals surface area contributed by atoms with Crippen LogP contribution in [0.1, 0.15) is 29.6 Å². The summed E-state index contributed by atoms with van der Waals surface area (Å²) in [5.74, 6) is -1.72. The molecule has 2 aromatic carbocycles. The average Bonchev–Trinajstić information content (AvgIpc) is 3.38. The van der Waals surface area contributed by atoms with Crippen molar-refractivity contribution >= 4 is 29.1 Å². The number of benzene rings is 2. The van der Waals surface area contributed by atoms with Crippen LogP contribution in [0.15, 0.2) is 48.5 Å². The van der Waals surface area contributed by atoms with Gasteiger partial charge in [0, 0.05) is 37.3 Å². The lowest BCUT2D eigenvalue weighted by Gasteiger charge is -2.18. The number of hydrogen-bond donors (Lipinski definition) is 1. The minimum atomic E-state index is -0.583. The number of likely N-dealkylation sites (tertiary alicyclic amines) is 1. The van der Waals surface area contributed by atoms with Crippen molar-refractivity contribution in [2.24, 2.45) is 5.92 Å². The van der Waals surface area contributed by atoms with Crippen LogP contribution in [0.2, 0.25) is 0 Å². The molecule has 0 bridgehead atoms. The van der Waals surface area contributed by atoms with E-state index >= 15 is 0 Å². The maximum Gasteiger partial charge on any atom is 0.253 e. The van der Waals surface area contributed by atoms with Gasteiger partial charge in [0.1, 0.15) is 5.82 Å². The van der Waals surface area contributed by atoms with Gasteiger partial charge in [0.2, 0.25) is 11.8 Å². The molecule has 29 heavy (non-hydrogen) atoms. The number of hydrogen-bond acceptors (Lipinski definition) is 3. The van der Waals surface area contributed by atoms with E-state index < -0.39 is 11.7 Å². The summed E-state index contributed by atoms with van der Waals surface area (Å²) in [5, 5.41) is 2.79. The summed E-state index contributed by atoms with van der Waals surface area (Å²) in [6.45, 7) is 1.63. The van der Waals surface area contributed by atoms with Crippen LogP contribution in [-0.2, 0) is 9.59 Å². The summed E-state index contributed by atoms with van der Waals surface area (Å²) in [4.78, 5) is 40.7. The Labute approximate surface area is 168 Å². The first-order valence-corrected chi connectivity index (χ1v) is 9.78. The molecule has 2 heterocycles. The number of halogens is 1. The van der Waals surface area contributed by atoms with Crippen molar-refractivity contribution in [3.63, 3.8) is 0 Å². The molecule has 2 fully saturated rings. The molecule has 2 saturated heterocycles. The van der Waals surface area contributed by atoms with Crippen molar-refractivity contribution in [2.45, 2.75) is 19.3 Å². The largest absolute Gasteiger partial charge is 0.339 e. The predicted octanol–water partition coefficient (Wildman–Crippen LogP) is 3.05. The smallest absolute Gasteiger partial charge is 0.253 e. The molecule has 0 aromatic heterocycles. The molecule has 2 aliphatic rings. The third-order valence-corrected chi connectivity index (χ3v) is 5.41. The van der Waals surface area contributed by atoms with E-state index in [1.165, 1.54) is 17.0 Å². The Hall–Kier alpha value is -3.22. The Balaban J connectivity index is 1.43. The van der Waals surface area contributed by atoms with Crippen molar-refractivity contribution in [3.05, 3.63) is 59.9 Å². The molecule has 3 amide bonds. The van der Waals surface area contributed by atoms with Crippen LogP contribution >= 0.6 is 0 Å². The molecule has 0 spiro atoms. The van der Waals surface area contributed by atoms with Crippen LogP contribution in [0, 0.1) is 11.7 Å². The molecule has 0 saturated carbocycles. The number of nitrogens with zero attached hydrogens (tertiary/aromatic N) is 2. The van der Waals surface area contributed by atoms with Gasteiger partial charge >= 0.3 is 0 Å². The zero-order valence-corrected chi connectivity index (χ0v) is 15.9. The lowest BCUT2D eigenvalue weighted by atomic mass is 10.1. The summed E-state index contributed by atoms with van der Waals surface area (Å²) >= 11 is 0. The quantitative estimate of drug-likeness (QED) is 0.865. The van der Waals surface area contributed by atoms with Gasteiger partial charge in [-0.15, -0.1) is 0 Å². The van der Waals surface area contributed by atoms with Gasteiger partial charge in [0.15, 0.2) is 0 Å². The second-order valence-electron chi connectivity index (χ2n) is 7.43. The lowest BCUT2D eigenvalue weighted by molar-refractivity contribution is -0.122. The molecule has 150 valence electrons. The van der Waals surface area contributed by atoms with Crippen molar-refractivity contribution in [1.29, 1.82) is 0 Å². The Morgan fingerprint density at radius 2 is 1.79 bits per heavy atom. The highest BCUT2D eigenvalue weighted by molar-refractivity contribution is 6.04. The highest BCUT2D eigenvalue weighted by atomic mass is 19.1. The molecular weight excluding hydrogens is 373 g/mol. The van der Waals surface area contributed by atoms with E-state index in [2.05, 4.69) is 5.32 Å². The topological polar surface area (TPSA) is 69.7 Å². The van der Waals surface area contributed by atoms with Crippen LogP contribution in [0.5, 0.6) is 0 Å². The predicted molar refractivity (Wildman–Crippen MR) is 107 cm³/mol. The minimum Gasteiger partial charge on any atom is -0.339 e. The van der Waals surface area contributed by atoms with Gasteiger partial charge in [0.05, 0.1) is 11.6 Å². The molecule has 0 unspecified atom stereocenters. The third-order valence-electron chi connectivity index (χ3n) is 5.41. The fraction of sp³-hybridized carbons (Fsp3) is 0.318. The van der Waals surface area contributed by atoms with Crippen LogP contribution in [0.3, 0.4) is 0 Å². The maximum atomic E-state index is 14.0. The zero-order valence-electron chi connectivity index (χ0n) is 15.9. The summed E-state index contributed by atoms with van der Waals surface area (Å²) in [6.07, 6.45) is 2.04. The van der Waals surface area contributed by atoms with Gasteiger partial charge in [-0.3, -0.25) is 14.4 Å². The van der Waals surface area contributed by atoms with Gasteiger partial charge in [-0.25, -0.2) is 4.39 Å². The molecule has 0 aliphatic carbocycles. The normalized spacial score (nSPS) is 18.9. The molecule has 0 radical (unpaired) electrons. The number of nitrogens with one attached hydrogen (secondary N) is 1. The minimum absolute atomic E-state index is 0.0204. The Kier molecular flexibility index (Phi) is 5.29. The van der Waals surface area contributed by atoms with Crippen molar-refractivity contribution in [1.82, 2.24) is 4.90 Å². The summed E-state index contributed by atoms with van der Waals surface area (Å²) in [6, 6.07) is 12.9. The zero-order chi connectivity index (χ0) is 20.4. The second kappa shape index (κ2) is 8.03. The van der Waals surface area contributed by atoms with Crippen LogP contribution in [0.25, 0.3) is 0 Å². The number of rotatable bonds is 4. The molecule has 7 heteroatoms. The fourth-order valence-corrected chi connectivity index (χ4v) is 3.86. The monoisotopic (exact) mass is 395 g/mol. The number of carbonyl (C=O) groups excluding carboxylic acids is 3. The summed E-state index contributed by atoms with van der Waals surface area (Å²) < 4.78 is 14.0. The van der Waals surface area contributed by atoms with E-state index in [0.29, 0.717) is 11.3 Å². The van der Waals surface area contributed by atoms with Gasteiger partial charge in [0.25, 0.3) is 5.91 Å². The molecule has 1 N–H and O–H groups in total. The number of para-hydroxylation sites is 1. The van der Waals surface area contributed by atoms with Crippen LogP contribution in [-0.4, -0.2) is 42.3 Å². The van der Waals surface area contributed by atoms with E-state index in [9.17, 15) is 18.8 Å². The first kappa shape index (κ1) is 19.1. The van der Waals surface area contributed by atoms with Gasteiger partial charge in [-0.1, -0.05) is 18.2 Å². The summed E-state index contributed by atoms with van der Waals surface area (Å²) in [7, 11) is 0. The third kappa shape index (κ3) is 3.99. The van der Waals surface area contributed by atoms with Gasteiger partial charge < -0.3 is 15.1 Å². The average molecular weight is 395 g/mol. The summed E-state index contributed by atoms with van der Waals surface area (Å²) in [5.41, 5.74) is 1.23. The van der Waals surface area contributed by atoms with E-state index in [1.807, 2.05) is 4.90 Å². The number of amides is 3. The Morgan fingerprint density at radius 1 is 1.03 bits per heavy atom. The van der Waals surface area contributed by atoms with E-state index in [0.717, 1.165) is 25.9 Å². The first-order valence-electron chi connectivity index (χ1n) is 9.78. The van der Waals surface area contributed by atoms with Crippen molar-refractivity contribution in [2.75, 3.05) is 29.9 Å². The first-order chi connectivity index (χ1) is 14.0. The Morgan fingerprint density at radius 3 is 2.55 bits per heavy atom. The number of anilines is 2. The molecule has 2 aliphatic heterocycles. The van der Waals surface area contributed by atoms with Crippen molar-refractivity contribution in [3.8, 4) is 0 Å². The highest BCUT2D eigenvalue weighted by Gasteiger charge is 2.36. The Bertz CT molecular complexity index is 956. The molecule has 4 rings (SSSR count). The number of carbonyl (C=O) groups is 3.